The molecule has 1 heterocycles. The molecule has 0 amide bonds. The van der Waals surface area contributed by atoms with Crippen molar-refractivity contribution >= 4 is 0 Å². The van der Waals surface area contributed by atoms with E-state index in [1.807, 2.05) is 24.3 Å². The van der Waals surface area contributed by atoms with Gasteiger partial charge in [-0.15, -0.1) is 0 Å². The summed E-state index contributed by atoms with van der Waals surface area (Å²) in [4.78, 5) is 10.3. The first-order valence-electron chi connectivity index (χ1n) is 18.9. The Labute approximate surface area is 321 Å². The minimum atomic E-state index is -0.406. The Morgan fingerprint density at radius 1 is 0.255 bits per heavy atom. The molecule has 0 aliphatic heterocycles. The molecule has 2 heteroatoms. The molecule has 2 aliphatic rings. The fourth-order valence-electron chi connectivity index (χ4n) is 9.08. The number of aromatic nitrogens is 2. The molecule has 256 valence electrons. The molecule has 1 aromatic heterocycles. The molecular formula is C53H34N2. The third-order valence-electron chi connectivity index (χ3n) is 11.5. The van der Waals surface area contributed by atoms with Gasteiger partial charge in [0.25, 0.3) is 0 Å². The highest BCUT2D eigenvalue weighted by atomic mass is 14.9. The maximum Gasteiger partial charge on any atom is 0.160 e. The van der Waals surface area contributed by atoms with Crippen LogP contribution in [0.25, 0.3) is 78.4 Å². The quantitative estimate of drug-likeness (QED) is 0.179. The Bertz CT molecular complexity index is 2790. The fourth-order valence-corrected chi connectivity index (χ4v) is 9.08. The van der Waals surface area contributed by atoms with Gasteiger partial charge in [-0.1, -0.05) is 176 Å². The Morgan fingerprint density at radius 3 is 1.24 bits per heavy atom. The molecule has 0 N–H and O–H groups in total. The molecule has 0 bridgehead atoms. The molecule has 0 unspecified atom stereocenters. The van der Waals surface area contributed by atoms with Crippen molar-refractivity contribution in [3.8, 4) is 78.4 Å². The SMILES string of the molecule is c1ccc(-c2cc(-c3ccc4c(c3)C3(c5ccccc5-c5ccccc53)c3ccccc3-4)cc(-c3cc(-c4ccccc4)nc(-c4ccccc4)n3)c2)cc1. The van der Waals surface area contributed by atoms with Gasteiger partial charge in [0.1, 0.15) is 0 Å². The van der Waals surface area contributed by atoms with Gasteiger partial charge < -0.3 is 0 Å². The fraction of sp³-hybridized carbons (Fsp3) is 0.0189. The zero-order valence-electron chi connectivity index (χ0n) is 30.0. The van der Waals surface area contributed by atoms with Crippen LogP contribution in [0.15, 0.2) is 206 Å². The zero-order chi connectivity index (χ0) is 36.3. The average Bonchev–Trinajstić information content (AvgIpc) is 3.74. The molecule has 55 heavy (non-hydrogen) atoms. The summed E-state index contributed by atoms with van der Waals surface area (Å²) in [6.45, 7) is 0. The summed E-state index contributed by atoms with van der Waals surface area (Å²) in [6, 6.07) is 74.5. The third-order valence-corrected chi connectivity index (χ3v) is 11.5. The summed E-state index contributed by atoms with van der Waals surface area (Å²) in [5.74, 6) is 0.708. The highest BCUT2D eigenvalue weighted by Gasteiger charge is 2.51. The molecule has 8 aromatic carbocycles. The second-order valence-corrected chi connectivity index (χ2v) is 14.5. The van der Waals surface area contributed by atoms with Crippen molar-refractivity contribution in [1.82, 2.24) is 9.97 Å². The topological polar surface area (TPSA) is 25.8 Å². The van der Waals surface area contributed by atoms with Gasteiger partial charge in [-0.25, -0.2) is 9.97 Å². The largest absolute Gasteiger partial charge is 0.228 e. The monoisotopic (exact) mass is 698 g/mol. The lowest BCUT2D eigenvalue weighted by molar-refractivity contribution is 0.794. The van der Waals surface area contributed by atoms with Gasteiger partial charge in [0.05, 0.1) is 16.8 Å². The maximum absolute atomic E-state index is 5.25. The predicted octanol–water partition coefficient (Wildman–Crippen LogP) is 13.2. The van der Waals surface area contributed by atoms with Gasteiger partial charge >= 0.3 is 0 Å². The highest BCUT2D eigenvalue weighted by Crippen LogP contribution is 2.63. The van der Waals surface area contributed by atoms with Crippen LogP contribution in [0.1, 0.15) is 22.3 Å². The van der Waals surface area contributed by atoms with Crippen LogP contribution in [0, 0.1) is 0 Å². The Balaban J connectivity index is 1.15. The molecule has 0 fully saturated rings. The van der Waals surface area contributed by atoms with Crippen LogP contribution >= 0.6 is 0 Å². The number of hydrogen-bond donors (Lipinski definition) is 0. The lowest BCUT2D eigenvalue weighted by Gasteiger charge is -2.30. The molecule has 0 saturated carbocycles. The molecule has 0 radical (unpaired) electrons. The molecule has 1 spiro atoms. The smallest absolute Gasteiger partial charge is 0.160 e. The third kappa shape index (κ3) is 4.89. The van der Waals surface area contributed by atoms with Crippen molar-refractivity contribution in [3.63, 3.8) is 0 Å². The van der Waals surface area contributed by atoms with E-state index in [1.165, 1.54) is 50.1 Å². The summed E-state index contributed by atoms with van der Waals surface area (Å²) in [7, 11) is 0. The van der Waals surface area contributed by atoms with Crippen LogP contribution in [-0.2, 0) is 5.41 Å². The van der Waals surface area contributed by atoms with Crippen molar-refractivity contribution in [1.29, 1.82) is 0 Å². The maximum atomic E-state index is 5.25. The average molecular weight is 699 g/mol. The minimum Gasteiger partial charge on any atom is -0.228 e. The minimum absolute atomic E-state index is 0.406. The first-order valence-corrected chi connectivity index (χ1v) is 18.9. The van der Waals surface area contributed by atoms with E-state index in [9.17, 15) is 0 Å². The van der Waals surface area contributed by atoms with E-state index in [2.05, 4.69) is 182 Å². The van der Waals surface area contributed by atoms with Gasteiger partial charge in [0, 0.05) is 16.7 Å². The van der Waals surface area contributed by atoms with E-state index in [-0.39, 0.29) is 0 Å². The van der Waals surface area contributed by atoms with E-state index in [4.69, 9.17) is 9.97 Å². The lowest BCUT2D eigenvalue weighted by Crippen LogP contribution is -2.25. The first-order chi connectivity index (χ1) is 27.3. The number of rotatable bonds is 5. The van der Waals surface area contributed by atoms with Crippen LogP contribution in [0.3, 0.4) is 0 Å². The first kappa shape index (κ1) is 31.4. The Hall–Kier alpha value is -7.16. The molecule has 2 nitrogen and oxygen atoms in total. The number of fused-ring (bicyclic) bond motifs is 10. The van der Waals surface area contributed by atoms with E-state index >= 15 is 0 Å². The molecule has 2 aliphatic carbocycles. The molecule has 9 aromatic rings. The molecule has 0 saturated heterocycles. The Morgan fingerprint density at radius 2 is 0.673 bits per heavy atom. The van der Waals surface area contributed by atoms with Crippen LogP contribution in [-0.4, -0.2) is 9.97 Å². The number of benzene rings is 8. The van der Waals surface area contributed by atoms with Gasteiger partial charge in [-0.2, -0.15) is 0 Å². The Kier molecular flexibility index (Phi) is 7.11. The summed E-state index contributed by atoms with van der Waals surface area (Å²) in [6.07, 6.45) is 0. The molecule has 11 rings (SSSR count). The van der Waals surface area contributed by atoms with Gasteiger partial charge in [0.15, 0.2) is 5.82 Å². The summed E-state index contributed by atoms with van der Waals surface area (Å²) in [5, 5.41) is 0. The van der Waals surface area contributed by atoms with Crippen molar-refractivity contribution in [2.24, 2.45) is 0 Å². The highest BCUT2D eigenvalue weighted by molar-refractivity contribution is 5.96. The lowest BCUT2D eigenvalue weighted by atomic mass is 9.70. The molecule has 0 atom stereocenters. The molecular weight excluding hydrogens is 665 g/mol. The predicted molar refractivity (Wildman–Crippen MR) is 226 cm³/mol. The van der Waals surface area contributed by atoms with Gasteiger partial charge in [-0.05, 0) is 97.1 Å². The van der Waals surface area contributed by atoms with Crippen LogP contribution in [0.2, 0.25) is 0 Å². The zero-order valence-corrected chi connectivity index (χ0v) is 30.0. The van der Waals surface area contributed by atoms with Crippen molar-refractivity contribution in [2.75, 3.05) is 0 Å². The van der Waals surface area contributed by atoms with Crippen LogP contribution in [0.5, 0.6) is 0 Å². The van der Waals surface area contributed by atoms with E-state index in [0.717, 1.165) is 44.8 Å². The van der Waals surface area contributed by atoms with Crippen molar-refractivity contribution in [2.45, 2.75) is 5.41 Å². The van der Waals surface area contributed by atoms with E-state index in [0.29, 0.717) is 5.82 Å². The normalized spacial score (nSPS) is 12.9. The van der Waals surface area contributed by atoms with Crippen molar-refractivity contribution < 1.29 is 0 Å². The second kappa shape index (κ2) is 12.5. The summed E-state index contributed by atoms with van der Waals surface area (Å²) < 4.78 is 0. The van der Waals surface area contributed by atoms with Crippen molar-refractivity contribution in [3.05, 3.63) is 229 Å². The van der Waals surface area contributed by atoms with Crippen LogP contribution in [0.4, 0.5) is 0 Å². The summed E-state index contributed by atoms with van der Waals surface area (Å²) in [5.41, 5.74) is 19.7. The number of nitrogens with zero attached hydrogens (tertiary/aromatic N) is 2. The van der Waals surface area contributed by atoms with Gasteiger partial charge in [-0.3, -0.25) is 0 Å². The standard InChI is InChI=1S/C53H34N2/c1-4-16-35(17-5-1)39-30-40(32-41(31-39)51-34-50(36-18-6-2-7-19-36)54-52(55-51)37-20-8-3-9-21-37)38-28-29-45-44-24-12-15-27-48(44)53(49(45)33-38)46-25-13-10-22-42(46)43-23-11-14-26-47(43)53/h1-34H. The van der Waals surface area contributed by atoms with Crippen LogP contribution < -0.4 is 0 Å². The summed E-state index contributed by atoms with van der Waals surface area (Å²) >= 11 is 0. The number of hydrogen-bond acceptors (Lipinski definition) is 2. The van der Waals surface area contributed by atoms with E-state index in [1.54, 1.807) is 0 Å². The second-order valence-electron chi connectivity index (χ2n) is 14.5. The van der Waals surface area contributed by atoms with Gasteiger partial charge in [0.2, 0.25) is 0 Å². The van der Waals surface area contributed by atoms with E-state index < -0.39 is 5.41 Å².